The molecule has 2 fully saturated rings. The predicted octanol–water partition coefficient (Wildman–Crippen LogP) is 4.75. The molecule has 1 aromatic rings. The van der Waals surface area contributed by atoms with Crippen molar-refractivity contribution in [2.24, 2.45) is 5.92 Å². The van der Waals surface area contributed by atoms with Gasteiger partial charge in [-0.25, -0.2) is 0 Å². The fraction of sp³-hybridized carbons (Fsp3) is 0.609. The van der Waals surface area contributed by atoms with E-state index in [4.69, 9.17) is 4.74 Å². The lowest BCUT2D eigenvalue weighted by molar-refractivity contribution is -0.134. The van der Waals surface area contributed by atoms with Crippen LogP contribution in [0.4, 0.5) is 5.69 Å². The Hall–Kier alpha value is -1.97. The van der Waals surface area contributed by atoms with Crippen LogP contribution in [0.2, 0.25) is 0 Å². The molecule has 0 atom stereocenters. The number of piperidine rings is 1. The van der Waals surface area contributed by atoms with Crippen molar-refractivity contribution in [2.45, 2.75) is 63.9 Å². The highest BCUT2D eigenvalue weighted by atomic mass is 16.5. The number of hydrogen-bond acceptors (Lipinski definition) is 3. The van der Waals surface area contributed by atoms with Crippen molar-refractivity contribution in [2.75, 3.05) is 24.5 Å². The number of amides is 1. The van der Waals surface area contributed by atoms with Crippen molar-refractivity contribution in [1.29, 1.82) is 0 Å². The van der Waals surface area contributed by atoms with Crippen LogP contribution in [0.25, 0.3) is 0 Å². The Bertz CT molecular complexity index is 641. The summed E-state index contributed by atoms with van der Waals surface area (Å²) in [5.74, 6) is 1.93. The average Bonchev–Trinajstić information content (AvgIpc) is 3.25. The quantitative estimate of drug-likeness (QED) is 0.752. The van der Waals surface area contributed by atoms with Crippen molar-refractivity contribution in [1.82, 2.24) is 4.90 Å². The number of carbonyl (C=O) groups excluding carboxylic acids is 1. The fourth-order valence-corrected chi connectivity index (χ4v) is 4.60. The minimum Gasteiger partial charge on any atom is -0.490 e. The lowest BCUT2D eigenvalue weighted by Crippen LogP contribution is -2.42. The smallest absolute Gasteiger partial charge is 0.222 e. The SMILES string of the molecule is O=C(CC1CCCCC1)N1CCC(Oc2ccc(N3C=CCC3)cc2)CC1. The summed E-state index contributed by atoms with van der Waals surface area (Å²) in [6.45, 7) is 2.74. The number of carbonyl (C=O) groups is 1. The van der Waals surface area contributed by atoms with Crippen molar-refractivity contribution < 1.29 is 9.53 Å². The molecule has 3 aliphatic rings. The highest BCUT2D eigenvalue weighted by Crippen LogP contribution is 2.28. The maximum absolute atomic E-state index is 12.6. The molecule has 1 saturated heterocycles. The van der Waals surface area contributed by atoms with Gasteiger partial charge in [0.25, 0.3) is 0 Å². The van der Waals surface area contributed by atoms with E-state index in [9.17, 15) is 4.79 Å². The molecule has 27 heavy (non-hydrogen) atoms. The van der Waals surface area contributed by atoms with Gasteiger partial charge in [0, 0.05) is 50.8 Å². The van der Waals surface area contributed by atoms with Gasteiger partial charge in [0.05, 0.1) is 0 Å². The molecule has 1 saturated carbocycles. The number of rotatable bonds is 5. The minimum absolute atomic E-state index is 0.223. The van der Waals surface area contributed by atoms with Crippen LogP contribution in [0.5, 0.6) is 5.75 Å². The number of benzene rings is 1. The number of anilines is 1. The summed E-state index contributed by atoms with van der Waals surface area (Å²) in [5.41, 5.74) is 1.22. The van der Waals surface area contributed by atoms with Crippen molar-refractivity contribution in [3.8, 4) is 5.75 Å². The summed E-state index contributed by atoms with van der Waals surface area (Å²) in [6.07, 6.45) is 14.8. The molecule has 2 heterocycles. The molecule has 4 heteroatoms. The Balaban J connectivity index is 1.22. The fourth-order valence-electron chi connectivity index (χ4n) is 4.60. The monoisotopic (exact) mass is 368 g/mol. The molecule has 0 unspecified atom stereocenters. The van der Waals surface area contributed by atoms with Gasteiger partial charge in [-0.1, -0.05) is 25.3 Å². The first kappa shape index (κ1) is 18.4. The van der Waals surface area contributed by atoms with Gasteiger partial charge < -0.3 is 14.5 Å². The third-order valence-electron chi connectivity index (χ3n) is 6.28. The van der Waals surface area contributed by atoms with Crippen LogP contribution in [-0.4, -0.2) is 36.5 Å². The van der Waals surface area contributed by atoms with Gasteiger partial charge in [0.15, 0.2) is 0 Å². The summed E-state index contributed by atoms with van der Waals surface area (Å²) < 4.78 is 6.18. The lowest BCUT2D eigenvalue weighted by atomic mass is 9.86. The summed E-state index contributed by atoms with van der Waals surface area (Å²) in [5, 5.41) is 0. The van der Waals surface area contributed by atoms with E-state index < -0.39 is 0 Å². The first-order chi connectivity index (χ1) is 13.3. The molecule has 4 rings (SSSR count). The molecular formula is C23H32N2O2. The largest absolute Gasteiger partial charge is 0.490 e. The van der Waals surface area contributed by atoms with Crippen LogP contribution in [0, 0.1) is 5.92 Å². The topological polar surface area (TPSA) is 32.8 Å². The summed E-state index contributed by atoms with van der Waals surface area (Å²) in [7, 11) is 0. The number of ether oxygens (including phenoxy) is 1. The van der Waals surface area contributed by atoms with Gasteiger partial charge in [-0.15, -0.1) is 0 Å². The Morgan fingerprint density at radius 2 is 1.70 bits per heavy atom. The maximum atomic E-state index is 12.6. The number of hydrogen-bond donors (Lipinski definition) is 0. The molecule has 2 aliphatic heterocycles. The van der Waals surface area contributed by atoms with E-state index in [-0.39, 0.29) is 6.10 Å². The van der Waals surface area contributed by atoms with Gasteiger partial charge in [-0.2, -0.15) is 0 Å². The van der Waals surface area contributed by atoms with Gasteiger partial charge >= 0.3 is 0 Å². The molecule has 0 N–H and O–H groups in total. The van der Waals surface area contributed by atoms with Crippen molar-refractivity contribution in [3.63, 3.8) is 0 Å². The van der Waals surface area contributed by atoms with Crippen LogP contribution in [0.3, 0.4) is 0 Å². The Morgan fingerprint density at radius 1 is 0.963 bits per heavy atom. The third-order valence-corrected chi connectivity index (χ3v) is 6.28. The molecule has 0 bridgehead atoms. The zero-order valence-electron chi connectivity index (χ0n) is 16.3. The van der Waals surface area contributed by atoms with Crippen LogP contribution in [0.1, 0.15) is 57.8 Å². The van der Waals surface area contributed by atoms with E-state index in [0.717, 1.165) is 51.1 Å². The summed E-state index contributed by atoms with van der Waals surface area (Å²) >= 11 is 0. The van der Waals surface area contributed by atoms with Crippen molar-refractivity contribution >= 4 is 11.6 Å². The Morgan fingerprint density at radius 3 is 2.37 bits per heavy atom. The average molecular weight is 369 g/mol. The van der Waals surface area contributed by atoms with E-state index in [1.807, 2.05) is 0 Å². The minimum atomic E-state index is 0.223. The molecule has 4 nitrogen and oxygen atoms in total. The molecule has 1 aliphatic carbocycles. The molecule has 146 valence electrons. The summed E-state index contributed by atoms with van der Waals surface area (Å²) in [6, 6.07) is 8.41. The number of nitrogens with zero attached hydrogens (tertiary/aromatic N) is 2. The standard InChI is InChI=1S/C23H32N2O2/c26-23(18-19-6-2-1-3-7-19)25-16-12-22(13-17-25)27-21-10-8-20(9-11-21)24-14-4-5-15-24/h4,8-11,14,19,22H,1-3,5-7,12-13,15-18H2. The molecule has 0 radical (unpaired) electrons. The van der Waals surface area contributed by atoms with Gasteiger partial charge in [-0.05, 0) is 49.4 Å². The van der Waals surface area contributed by atoms with E-state index in [2.05, 4.69) is 46.3 Å². The van der Waals surface area contributed by atoms with Crippen LogP contribution < -0.4 is 9.64 Å². The van der Waals surface area contributed by atoms with E-state index in [1.165, 1.54) is 37.8 Å². The zero-order chi connectivity index (χ0) is 18.5. The van der Waals surface area contributed by atoms with Crippen LogP contribution >= 0.6 is 0 Å². The number of likely N-dealkylation sites (tertiary alicyclic amines) is 1. The van der Waals surface area contributed by atoms with E-state index in [1.54, 1.807) is 0 Å². The van der Waals surface area contributed by atoms with Gasteiger partial charge in [0.1, 0.15) is 11.9 Å². The summed E-state index contributed by atoms with van der Waals surface area (Å²) in [4.78, 5) is 16.9. The normalized spacial score (nSPS) is 21.6. The molecule has 0 aromatic heterocycles. The van der Waals surface area contributed by atoms with Gasteiger partial charge in [-0.3, -0.25) is 4.79 Å². The van der Waals surface area contributed by atoms with Crippen molar-refractivity contribution in [3.05, 3.63) is 36.5 Å². The second kappa shape index (κ2) is 8.81. The third kappa shape index (κ3) is 4.85. The first-order valence-corrected chi connectivity index (χ1v) is 10.8. The van der Waals surface area contributed by atoms with E-state index in [0.29, 0.717) is 11.8 Å². The first-order valence-electron chi connectivity index (χ1n) is 10.8. The van der Waals surface area contributed by atoms with Crippen LogP contribution in [0.15, 0.2) is 36.5 Å². The second-order valence-electron chi connectivity index (χ2n) is 8.27. The molecule has 1 amide bonds. The highest BCUT2D eigenvalue weighted by Gasteiger charge is 2.26. The van der Waals surface area contributed by atoms with E-state index >= 15 is 0 Å². The van der Waals surface area contributed by atoms with Crippen LogP contribution in [-0.2, 0) is 4.79 Å². The Labute approximate surface area is 163 Å². The Kier molecular flexibility index (Phi) is 6.00. The molecule has 0 spiro atoms. The molecular weight excluding hydrogens is 336 g/mol. The zero-order valence-corrected chi connectivity index (χ0v) is 16.3. The van der Waals surface area contributed by atoms with Gasteiger partial charge in [0.2, 0.25) is 5.91 Å². The maximum Gasteiger partial charge on any atom is 0.222 e. The lowest BCUT2D eigenvalue weighted by Gasteiger charge is -2.33. The predicted molar refractivity (Wildman–Crippen MR) is 109 cm³/mol. The highest BCUT2D eigenvalue weighted by molar-refractivity contribution is 5.76. The molecule has 1 aromatic carbocycles. The second-order valence-corrected chi connectivity index (χ2v) is 8.27.